The molecule has 7 heteroatoms. The van der Waals surface area contributed by atoms with Crippen molar-refractivity contribution in [3.63, 3.8) is 0 Å². The monoisotopic (exact) mass is 308 g/mol. The topological polar surface area (TPSA) is 85.5 Å². The van der Waals surface area contributed by atoms with E-state index < -0.39 is 0 Å². The molecule has 2 radical (unpaired) electrons. The molecule has 0 spiro atoms. The standard InChI is InChI=1S/2Al.3O.2Rh/q2*+3;3*-2;;. The minimum atomic E-state index is 0. The Morgan fingerprint density at radius 1 is 0.429 bits per heavy atom. The van der Waals surface area contributed by atoms with Crippen LogP contribution in [0.2, 0.25) is 0 Å². The molecule has 3 nitrogen and oxygen atoms in total. The maximum atomic E-state index is 0. The zero-order valence-electron chi connectivity index (χ0n) is 3.05. The first-order valence-electron chi connectivity index (χ1n) is 0. The molecule has 0 rings (SSSR count). The van der Waals surface area contributed by atoms with Gasteiger partial charge in [0.25, 0.3) is 0 Å². The van der Waals surface area contributed by atoms with Crippen LogP contribution in [0.1, 0.15) is 0 Å². The molecular weight excluding hydrogens is 308 g/mol. The summed E-state index contributed by atoms with van der Waals surface area (Å²) in [6, 6.07) is 0. The molecule has 7 heavy (non-hydrogen) atoms. The van der Waals surface area contributed by atoms with Crippen LogP contribution >= 0.6 is 0 Å². The summed E-state index contributed by atoms with van der Waals surface area (Å²) in [5, 5.41) is 0. The zero-order valence-corrected chi connectivity index (χ0v) is 8.63. The molecule has 0 unspecified atom stereocenters. The molecule has 0 N–H and O–H groups in total. The van der Waals surface area contributed by atoms with Gasteiger partial charge in [0.15, 0.2) is 0 Å². The molecular formula is Al2O3Rh2. The van der Waals surface area contributed by atoms with Gasteiger partial charge in [0.2, 0.25) is 0 Å². The molecule has 0 aliphatic heterocycles. The van der Waals surface area contributed by atoms with Crippen LogP contribution in [-0.2, 0) is 55.4 Å². The molecule has 0 saturated carbocycles. The van der Waals surface area contributed by atoms with Gasteiger partial charge in [-0.1, -0.05) is 0 Å². The van der Waals surface area contributed by atoms with Crippen molar-refractivity contribution < 1.29 is 55.4 Å². The average Bonchev–Trinajstić information content (AvgIpc) is 0. The molecule has 0 aliphatic rings. The summed E-state index contributed by atoms with van der Waals surface area (Å²) in [5.74, 6) is 0. The first-order valence-corrected chi connectivity index (χ1v) is 0. The van der Waals surface area contributed by atoms with Gasteiger partial charge in [0.1, 0.15) is 0 Å². The van der Waals surface area contributed by atoms with Crippen LogP contribution in [0.5, 0.6) is 0 Å². The van der Waals surface area contributed by atoms with Crippen LogP contribution in [0.25, 0.3) is 0 Å². The molecule has 0 aromatic carbocycles. The van der Waals surface area contributed by atoms with Crippen molar-refractivity contribution in [2.24, 2.45) is 0 Å². The SMILES string of the molecule is [Al+3].[Al+3].[O-2].[O-2].[O-2].[Rh].[Rh]. The van der Waals surface area contributed by atoms with Crippen molar-refractivity contribution in [1.29, 1.82) is 0 Å². The molecule has 0 heterocycles. The number of hydrogen-bond donors (Lipinski definition) is 0. The Morgan fingerprint density at radius 3 is 0.429 bits per heavy atom. The molecule has 0 bridgehead atoms. The van der Waals surface area contributed by atoms with Gasteiger partial charge in [-0.3, -0.25) is 0 Å². The van der Waals surface area contributed by atoms with Crippen LogP contribution in [0.4, 0.5) is 0 Å². The fraction of sp³-hybridized carbons (Fsp3) is 0. The summed E-state index contributed by atoms with van der Waals surface area (Å²) in [5.41, 5.74) is 0. The Hall–Kier alpha value is 2.19. The first-order chi connectivity index (χ1) is 0. The fourth-order valence-corrected chi connectivity index (χ4v) is 0. The first kappa shape index (κ1) is 128. The van der Waals surface area contributed by atoms with Gasteiger partial charge in [-0.2, -0.15) is 0 Å². The van der Waals surface area contributed by atoms with Gasteiger partial charge in [-0.15, -0.1) is 0 Å². The third-order valence-corrected chi connectivity index (χ3v) is 0. The molecule has 0 amide bonds. The van der Waals surface area contributed by atoms with E-state index in [9.17, 15) is 0 Å². The summed E-state index contributed by atoms with van der Waals surface area (Å²) in [6.07, 6.45) is 0. The zero-order chi connectivity index (χ0) is 0. The van der Waals surface area contributed by atoms with Crippen molar-refractivity contribution >= 4 is 34.7 Å². The predicted octanol–water partition coefficient (Wildman–Crippen LogP) is -1.12. The quantitative estimate of drug-likeness (QED) is 0.508. The van der Waals surface area contributed by atoms with Gasteiger partial charge >= 0.3 is 34.7 Å². The second-order valence-corrected chi connectivity index (χ2v) is 0. The number of hydrogen-bond acceptors (Lipinski definition) is 0. The minimum Gasteiger partial charge on any atom is -2.00 e. The Labute approximate surface area is 89.3 Å². The molecule has 0 aromatic rings. The van der Waals surface area contributed by atoms with E-state index in [4.69, 9.17) is 0 Å². The van der Waals surface area contributed by atoms with E-state index in [1.165, 1.54) is 0 Å². The van der Waals surface area contributed by atoms with Gasteiger partial charge in [0, 0.05) is 39.0 Å². The van der Waals surface area contributed by atoms with Gasteiger partial charge < -0.3 is 16.4 Å². The Bertz CT molecular complexity index is 10.9. The summed E-state index contributed by atoms with van der Waals surface area (Å²) in [6.45, 7) is 0. The van der Waals surface area contributed by atoms with Crippen molar-refractivity contribution in [2.75, 3.05) is 0 Å². The van der Waals surface area contributed by atoms with E-state index in [-0.39, 0.29) is 90.1 Å². The average molecular weight is 308 g/mol. The largest absolute Gasteiger partial charge is 3.00 e. The normalized spacial score (nSPS) is 0. The van der Waals surface area contributed by atoms with Crippen LogP contribution in [0, 0.1) is 0 Å². The van der Waals surface area contributed by atoms with Crippen LogP contribution in [0.15, 0.2) is 0 Å². The predicted molar refractivity (Wildman–Crippen MR) is 13.6 cm³/mol. The van der Waals surface area contributed by atoms with E-state index in [1.807, 2.05) is 0 Å². The Balaban J connectivity index is 0. The van der Waals surface area contributed by atoms with E-state index >= 15 is 0 Å². The van der Waals surface area contributed by atoms with Gasteiger partial charge in [-0.05, 0) is 0 Å². The van der Waals surface area contributed by atoms with E-state index in [0.29, 0.717) is 0 Å². The smallest absolute Gasteiger partial charge is 2.00 e. The molecule has 42 valence electrons. The summed E-state index contributed by atoms with van der Waals surface area (Å²) < 4.78 is 0. The van der Waals surface area contributed by atoms with Crippen molar-refractivity contribution in [3.05, 3.63) is 0 Å². The number of rotatable bonds is 0. The van der Waals surface area contributed by atoms with Crippen molar-refractivity contribution in [2.45, 2.75) is 0 Å². The van der Waals surface area contributed by atoms with E-state index in [0.717, 1.165) is 0 Å². The minimum absolute atomic E-state index is 0. The third-order valence-electron chi connectivity index (χ3n) is 0. The fourth-order valence-electron chi connectivity index (χ4n) is 0. The molecule has 0 fully saturated rings. The van der Waals surface area contributed by atoms with Crippen molar-refractivity contribution in [1.82, 2.24) is 0 Å². The van der Waals surface area contributed by atoms with Crippen LogP contribution < -0.4 is 0 Å². The summed E-state index contributed by atoms with van der Waals surface area (Å²) >= 11 is 0. The molecule has 0 aromatic heterocycles. The second-order valence-electron chi connectivity index (χ2n) is 0. The van der Waals surface area contributed by atoms with E-state index in [1.54, 1.807) is 0 Å². The Morgan fingerprint density at radius 2 is 0.429 bits per heavy atom. The molecule has 0 aliphatic carbocycles. The summed E-state index contributed by atoms with van der Waals surface area (Å²) in [4.78, 5) is 0. The Kier molecular flexibility index (Phi) is 1620. The van der Waals surface area contributed by atoms with E-state index in [2.05, 4.69) is 0 Å². The second kappa shape index (κ2) is 88.2. The third kappa shape index (κ3) is 65.4. The van der Waals surface area contributed by atoms with Gasteiger partial charge in [-0.25, -0.2) is 0 Å². The molecule has 0 atom stereocenters. The maximum absolute atomic E-state index is 0. The van der Waals surface area contributed by atoms with Crippen LogP contribution in [0.3, 0.4) is 0 Å². The van der Waals surface area contributed by atoms with Gasteiger partial charge in [0.05, 0.1) is 0 Å². The van der Waals surface area contributed by atoms with Crippen LogP contribution in [-0.4, -0.2) is 34.7 Å². The maximum Gasteiger partial charge on any atom is 3.00 e. The molecule has 0 saturated heterocycles. The van der Waals surface area contributed by atoms with Crippen molar-refractivity contribution in [3.8, 4) is 0 Å². The summed E-state index contributed by atoms with van der Waals surface area (Å²) in [7, 11) is 0.